The minimum atomic E-state index is -0.515. The van der Waals surface area contributed by atoms with Crippen LogP contribution in [0.5, 0.6) is 5.75 Å². The maximum Gasteiger partial charge on any atom is 0.239 e. The standard InChI is InChI=1S/C18H19N5O2/c1-23-10-12-7-13(25-2)4-6-14(12)15-5-3-11(8-16(15)23)18(22-20)21-9-17(19)24/h3-8,10,20-21H,9H2,1-2H3,(H2,19,24)/p+1. The van der Waals surface area contributed by atoms with E-state index in [0.29, 0.717) is 5.84 Å². The highest BCUT2D eigenvalue weighted by atomic mass is 16.5. The Labute approximate surface area is 144 Å². The van der Waals surface area contributed by atoms with Crippen molar-refractivity contribution in [3.63, 3.8) is 0 Å². The predicted octanol–water partition coefficient (Wildman–Crippen LogP) is 0.521. The Hall–Kier alpha value is -3.19. The highest BCUT2D eigenvalue weighted by molar-refractivity contribution is 6.07. The fourth-order valence-corrected chi connectivity index (χ4v) is 2.87. The molecule has 5 N–H and O–H groups in total. The number of nitrogens with two attached hydrogens (primary N) is 2. The quantitative estimate of drug-likeness (QED) is 0.161. The molecule has 3 aromatic rings. The molecule has 0 saturated carbocycles. The van der Waals surface area contributed by atoms with Crippen LogP contribution in [0.15, 0.2) is 47.6 Å². The molecule has 1 heterocycles. The number of rotatable bonds is 4. The summed E-state index contributed by atoms with van der Waals surface area (Å²) in [5.41, 5.74) is 9.46. The van der Waals surface area contributed by atoms with E-state index in [2.05, 4.69) is 10.4 Å². The van der Waals surface area contributed by atoms with Gasteiger partial charge in [0.1, 0.15) is 25.2 Å². The minimum absolute atomic E-state index is 0.124. The zero-order chi connectivity index (χ0) is 18.0. The summed E-state index contributed by atoms with van der Waals surface area (Å²) in [6, 6.07) is 11.9. The third-order valence-electron chi connectivity index (χ3n) is 4.06. The third-order valence-corrected chi connectivity index (χ3v) is 4.06. The first-order valence-electron chi connectivity index (χ1n) is 7.73. The van der Waals surface area contributed by atoms with E-state index in [-0.39, 0.29) is 6.54 Å². The number of primary amides is 1. The smallest absolute Gasteiger partial charge is 0.239 e. The van der Waals surface area contributed by atoms with Gasteiger partial charge in [0.25, 0.3) is 0 Å². The fourth-order valence-electron chi connectivity index (χ4n) is 2.87. The van der Waals surface area contributed by atoms with Gasteiger partial charge < -0.3 is 15.9 Å². The van der Waals surface area contributed by atoms with Gasteiger partial charge in [-0.2, -0.15) is 0 Å². The van der Waals surface area contributed by atoms with E-state index in [4.69, 9.17) is 16.3 Å². The topological polar surface area (TPSA) is 107 Å². The van der Waals surface area contributed by atoms with Gasteiger partial charge in [-0.15, -0.1) is 0 Å². The van der Waals surface area contributed by atoms with Gasteiger partial charge in [-0.25, -0.2) is 10.4 Å². The number of aromatic nitrogens is 1. The van der Waals surface area contributed by atoms with Crippen LogP contribution >= 0.6 is 0 Å². The summed E-state index contributed by atoms with van der Waals surface area (Å²) >= 11 is 0. The van der Waals surface area contributed by atoms with Crippen LogP contribution in [-0.2, 0) is 11.8 Å². The van der Waals surface area contributed by atoms with Crippen molar-refractivity contribution in [1.29, 1.82) is 0 Å². The number of fused-ring (bicyclic) bond motifs is 3. The van der Waals surface area contributed by atoms with Gasteiger partial charge in [-0.05, 0) is 24.3 Å². The number of nitrogens with zero attached hydrogens (tertiary/aromatic N) is 2. The van der Waals surface area contributed by atoms with Crippen molar-refractivity contribution >= 4 is 33.4 Å². The van der Waals surface area contributed by atoms with Crippen molar-refractivity contribution in [1.82, 2.24) is 5.43 Å². The summed E-state index contributed by atoms with van der Waals surface area (Å²) in [4.78, 5) is 15.1. The van der Waals surface area contributed by atoms with Crippen molar-refractivity contribution in [3.8, 4) is 5.75 Å². The van der Waals surface area contributed by atoms with Gasteiger partial charge in [0, 0.05) is 17.0 Å². The number of aliphatic imine (C=N–C) groups is 1. The number of nitrogens with one attached hydrogen (secondary N) is 1. The molecular weight excluding hydrogens is 318 g/mol. The van der Waals surface area contributed by atoms with Crippen LogP contribution in [0.2, 0.25) is 0 Å². The molecule has 0 unspecified atom stereocenters. The lowest BCUT2D eigenvalue weighted by Crippen LogP contribution is -2.33. The molecule has 1 aromatic heterocycles. The fraction of sp³-hybridized carbons (Fsp3) is 0.167. The molecule has 0 radical (unpaired) electrons. The number of benzene rings is 2. The molecule has 0 fully saturated rings. The molecule has 0 bridgehead atoms. The third kappa shape index (κ3) is 3.22. The van der Waals surface area contributed by atoms with Crippen LogP contribution in [0.25, 0.3) is 21.7 Å². The molecule has 0 aliphatic carbocycles. The highest BCUT2D eigenvalue weighted by Gasteiger charge is 2.14. The summed E-state index contributed by atoms with van der Waals surface area (Å²) in [5, 5.41) is 3.30. The average Bonchev–Trinajstić information content (AvgIpc) is 2.61. The normalized spacial score (nSPS) is 11.7. The maximum absolute atomic E-state index is 10.9. The SMILES string of the molecule is COc1ccc2c(c1)c[n+](C)c1cc(C(=NCC(N)=O)NN)ccc21. The van der Waals surface area contributed by atoms with E-state index in [1.807, 2.05) is 54.2 Å². The van der Waals surface area contributed by atoms with Crippen molar-refractivity contribution in [3.05, 3.63) is 48.2 Å². The van der Waals surface area contributed by atoms with Crippen molar-refractivity contribution in [2.24, 2.45) is 23.6 Å². The monoisotopic (exact) mass is 338 g/mol. The molecule has 0 spiro atoms. The highest BCUT2D eigenvalue weighted by Crippen LogP contribution is 2.26. The summed E-state index contributed by atoms with van der Waals surface area (Å²) in [7, 11) is 3.63. The van der Waals surface area contributed by atoms with E-state index >= 15 is 0 Å². The van der Waals surface area contributed by atoms with Crippen molar-refractivity contribution in [2.75, 3.05) is 13.7 Å². The van der Waals surface area contributed by atoms with Gasteiger partial charge in [-0.3, -0.25) is 9.79 Å². The van der Waals surface area contributed by atoms with Gasteiger partial charge in [0.05, 0.1) is 17.9 Å². The minimum Gasteiger partial charge on any atom is -0.497 e. The number of hydrazine groups is 1. The Balaban J connectivity index is 2.18. The Morgan fingerprint density at radius 1 is 1.24 bits per heavy atom. The molecular formula is C18H20N5O2+. The Kier molecular flexibility index (Phi) is 4.49. The van der Waals surface area contributed by atoms with Gasteiger partial charge in [0.15, 0.2) is 6.20 Å². The number of hydrogen-bond acceptors (Lipinski definition) is 4. The summed E-state index contributed by atoms with van der Waals surface area (Å²) in [6.07, 6.45) is 2.04. The van der Waals surface area contributed by atoms with E-state index in [0.717, 1.165) is 33.0 Å². The molecule has 0 atom stereocenters. The Morgan fingerprint density at radius 2 is 2.00 bits per heavy atom. The molecule has 7 heteroatoms. The number of pyridine rings is 1. The van der Waals surface area contributed by atoms with Gasteiger partial charge >= 0.3 is 0 Å². The largest absolute Gasteiger partial charge is 0.497 e. The summed E-state index contributed by atoms with van der Waals surface area (Å²) in [6.45, 7) is -0.124. The number of hydrogen-bond donors (Lipinski definition) is 3. The summed E-state index contributed by atoms with van der Waals surface area (Å²) in [5.74, 6) is 6.26. The van der Waals surface area contributed by atoms with Crippen molar-refractivity contribution in [2.45, 2.75) is 0 Å². The number of amides is 1. The number of ether oxygens (including phenoxy) is 1. The maximum atomic E-state index is 10.9. The average molecular weight is 338 g/mol. The lowest BCUT2D eigenvalue weighted by atomic mass is 10.0. The molecule has 0 aliphatic heterocycles. The second-order valence-corrected chi connectivity index (χ2v) is 5.70. The van der Waals surface area contributed by atoms with Crippen molar-refractivity contribution < 1.29 is 14.1 Å². The molecule has 2 aromatic carbocycles. The second-order valence-electron chi connectivity index (χ2n) is 5.70. The molecule has 0 saturated heterocycles. The lowest BCUT2D eigenvalue weighted by molar-refractivity contribution is -0.643. The van der Waals surface area contributed by atoms with Crippen LogP contribution in [0.1, 0.15) is 5.56 Å². The first-order valence-corrected chi connectivity index (χ1v) is 7.73. The molecule has 1 amide bonds. The van der Waals surface area contributed by atoms with E-state index < -0.39 is 5.91 Å². The number of amidine groups is 1. The first kappa shape index (κ1) is 16.7. The Bertz CT molecular complexity index is 998. The van der Waals surface area contributed by atoms with E-state index in [9.17, 15) is 4.79 Å². The molecule has 25 heavy (non-hydrogen) atoms. The van der Waals surface area contributed by atoms with Crippen LogP contribution in [-0.4, -0.2) is 25.4 Å². The Morgan fingerprint density at radius 3 is 2.68 bits per heavy atom. The number of carbonyl (C=O) groups excluding carboxylic acids is 1. The molecule has 128 valence electrons. The number of carbonyl (C=O) groups is 1. The molecule has 7 nitrogen and oxygen atoms in total. The van der Waals surface area contributed by atoms with Crippen LogP contribution < -0.4 is 26.3 Å². The van der Waals surface area contributed by atoms with Crippen LogP contribution in [0.4, 0.5) is 0 Å². The van der Waals surface area contributed by atoms with E-state index in [1.54, 1.807) is 7.11 Å². The van der Waals surface area contributed by atoms with E-state index in [1.165, 1.54) is 0 Å². The first-order chi connectivity index (χ1) is 12.0. The lowest BCUT2D eigenvalue weighted by Gasteiger charge is -2.08. The van der Waals surface area contributed by atoms with Gasteiger partial charge in [-0.1, -0.05) is 6.07 Å². The molecule has 0 aliphatic rings. The zero-order valence-electron chi connectivity index (χ0n) is 14.1. The second kappa shape index (κ2) is 6.74. The molecule has 3 rings (SSSR count). The number of aryl methyl sites for hydroxylation is 1. The predicted molar refractivity (Wildman–Crippen MR) is 97.1 cm³/mol. The zero-order valence-corrected chi connectivity index (χ0v) is 14.1. The summed E-state index contributed by atoms with van der Waals surface area (Å²) < 4.78 is 7.33. The van der Waals surface area contributed by atoms with Crippen LogP contribution in [0.3, 0.4) is 0 Å². The van der Waals surface area contributed by atoms with Crippen LogP contribution in [0, 0.1) is 0 Å². The van der Waals surface area contributed by atoms with Gasteiger partial charge in [0.2, 0.25) is 11.4 Å². The number of methoxy groups -OCH3 is 1.